The van der Waals surface area contributed by atoms with E-state index in [1.807, 2.05) is 18.8 Å². The van der Waals surface area contributed by atoms with Crippen molar-refractivity contribution < 1.29 is 4.74 Å². The molecule has 1 rings (SSSR count). The summed E-state index contributed by atoms with van der Waals surface area (Å²) < 4.78 is 6.19. The highest BCUT2D eigenvalue weighted by atomic mass is 32.2. The number of rotatable bonds is 7. The van der Waals surface area contributed by atoms with Crippen LogP contribution in [0.5, 0.6) is 0 Å². The van der Waals surface area contributed by atoms with Gasteiger partial charge in [0.15, 0.2) is 5.96 Å². The third-order valence-electron chi connectivity index (χ3n) is 4.01. The Hall–Kier alpha value is -0.420. The molecule has 0 bridgehead atoms. The van der Waals surface area contributed by atoms with Crippen LogP contribution in [-0.2, 0) is 4.74 Å². The van der Waals surface area contributed by atoms with E-state index in [9.17, 15) is 0 Å². The van der Waals surface area contributed by atoms with Gasteiger partial charge in [-0.2, -0.15) is 11.8 Å². The number of nitrogens with zero attached hydrogens (tertiary/aromatic N) is 1. The topological polar surface area (TPSA) is 45.7 Å². The summed E-state index contributed by atoms with van der Waals surface area (Å²) in [6, 6.07) is 0. The first-order valence-electron chi connectivity index (χ1n) is 8.18. The van der Waals surface area contributed by atoms with Gasteiger partial charge in [0.2, 0.25) is 0 Å². The lowest BCUT2D eigenvalue weighted by Crippen LogP contribution is -2.44. The summed E-state index contributed by atoms with van der Waals surface area (Å²) in [4.78, 5) is 4.25. The first-order chi connectivity index (χ1) is 10.1. The molecule has 0 atom stereocenters. The minimum absolute atomic E-state index is 0.217. The summed E-state index contributed by atoms with van der Waals surface area (Å²) in [5.74, 6) is 0.863. The standard InChI is InChI=1S/C16H33N3OS/c1-16(2,21-4)13-19-15(17-3)18-11-12-20-14-9-7-5-6-8-10-14/h14H,5-13H2,1-4H3,(H2,17,18,19). The molecule has 1 fully saturated rings. The van der Waals surface area contributed by atoms with Gasteiger partial charge in [-0.3, -0.25) is 4.99 Å². The Morgan fingerprint density at radius 2 is 1.86 bits per heavy atom. The van der Waals surface area contributed by atoms with Crippen LogP contribution in [0.15, 0.2) is 4.99 Å². The zero-order chi connectivity index (χ0) is 15.6. The number of thioether (sulfide) groups is 1. The molecule has 2 N–H and O–H groups in total. The van der Waals surface area contributed by atoms with Gasteiger partial charge < -0.3 is 15.4 Å². The first-order valence-corrected chi connectivity index (χ1v) is 9.41. The lowest BCUT2D eigenvalue weighted by molar-refractivity contribution is 0.0468. The zero-order valence-corrected chi connectivity index (χ0v) is 15.0. The molecule has 0 spiro atoms. The van der Waals surface area contributed by atoms with Gasteiger partial charge in [0.05, 0.1) is 12.7 Å². The molecule has 4 nitrogen and oxygen atoms in total. The van der Waals surface area contributed by atoms with Crippen molar-refractivity contribution in [2.75, 3.05) is 33.0 Å². The van der Waals surface area contributed by atoms with Gasteiger partial charge in [-0.25, -0.2) is 0 Å². The average Bonchev–Trinajstić information content (AvgIpc) is 2.75. The minimum Gasteiger partial charge on any atom is -0.376 e. The molecule has 0 unspecified atom stereocenters. The Morgan fingerprint density at radius 3 is 2.43 bits per heavy atom. The molecule has 1 aliphatic rings. The molecule has 0 radical (unpaired) electrons. The lowest BCUT2D eigenvalue weighted by atomic mass is 10.1. The third kappa shape index (κ3) is 8.57. The van der Waals surface area contributed by atoms with Crippen LogP contribution >= 0.6 is 11.8 Å². The highest BCUT2D eigenvalue weighted by Crippen LogP contribution is 2.20. The van der Waals surface area contributed by atoms with Crippen LogP contribution in [0.25, 0.3) is 0 Å². The Labute approximate surface area is 134 Å². The average molecular weight is 316 g/mol. The van der Waals surface area contributed by atoms with E-state index in [0.717, 1.165) is 25.7 Å². The molecule has 0 saturated heterocycles. The maximum atomic E-state index is 5.98. The number of guanidine groups is 1. The van der Waals surface area contributed by atoms with Crippen LogP contribution in [0, 0.1) is 0 Å². The summed E-state index contributed by atoms with van der Waals surface area (Å²) in [5.41, 5.74) is 0. The minimum atomic E-state index is 0.217. The van der Waals surface area contributed by atoms with Crippen LogP contribution in [0.1, 0.15) is 52.4 Å². The van der Waals surface area contributed by atoms with E-state index in [-0.39, 0.29) is 4.75 Å². The predicted octanol–water partition coefficient (Wildman–Crippen LogP) is 3.03. The van der Waals surface area contributed by atoms with Crippen LogP contribution in [0.4, 0.5) is 0 Å². The second kappa shape index (κ2) is 10.3. The molecular weight excluding hydrogens is 282 g/mol. The maximum Gasteiger partial charge on any atom is 0.191 e. The molecule has 0 aromatic carbocycles. The van der Waals surface area contributed by atoms with Gasteiger partial charge in [0, 0.05) is 24.9 Å². The van der Waals surface area contributed by atoms with E-state index in [1.54, 1.807) is 0 Å². The molecule has 21 heavy (non-hydrogen) atoms. The predicted molar refractivity (Wildman–Crippen MR) is 94.4 cm³/mol. The van der Waals surface area contributed by atoms with Crippen molar-refractivity contribution >= 4 is 17.7 Å². The molecule has 0 aromatic heterocycles. The van der Waals surface area contributed by atoms with Crippen LogP contribution in [0.2, 0.25) is 0 Å². The van der Waals surface area contributed by atoms with E-state index in [2.05, 4.69) is 35.7 Å². The number of hydrogen-bond acceptors (Lipinski definition) is 3. The van der Waals surface area contributed by atoms with Crippen molar-refractivity contribution in [3.05, 3.63) is 0 Å². The van der Waals surface area contributed by atoms with Gasteiger partial charge in [-0.1, -0.05) is 25.7 Å². The highest BCUT2D eigenvalue weighted by molar-refractivity contribution is 7.99. The van der Waals surface area contributed by atoms with E-state index >= 15 is 0 Å². The molecular formula is C16H33N3OS. The smallest absolute Gasteiger partial charge is 0.191 e. The number of ether oxygens (including phenoxy) is 1. The molecule has 5 heteroatoms. The fourth-order valence-corrected chi connectivity index (χ4v) is 2.61. The normalized spacial score (nSPS) is 18.4. The fourth-order valence-electron chi connectivity index (χ4n) is 2.39. The number of nitrogens with one attached hydrogen (secondary N) is 2. The fraction of sp³-hybridized carbons (Fsp3) is 0.938. The van der Waals surface area contributed by atoms with Crippen LogP contribution < -0.4 is 10.6 Å². The zero-order valence-electron chi connectivity index (χ0n) is 14.2. The monoisotopic (exact) mass is 315 g/mol. The molecule has 0 aliphatic heterocycles. The van der Waals surface area contributed by atoms with Crippen molar-refractivity contribution in [2.45, 2.75) is 63.2 Å². The summed E-state index contributed by atoms with van der Waals surface area (Å²) in [5, 5.41) is 6.70. The first kappa shape index (κ1) is 18.6. The molecule has 0 aromatic rings. The van der Waals surface area contributed by atoms with E-state index in [4.69, 9.17) is 4.74 Å². The molecule has 0 heterocycles. The summed E-state index contributed by atoms with van der Waals surface area (Å²) in [7, 11) is 1.81. The summed E-state index contributed by atoms with van der Waals surface area (Å²) >= 11 is 1.86. The Morgan fingerprint density at radius 1 is 1.19 bits per heavy atom. The highest BCUT2D eigenvalue weighted by Gasteiger charge is 2.16. The summed E-state index contributed by atoms with van der Waals surface area (Å²) in [6.07, 6.45) is 10.5. The second-order valence-corrected chi connectivity index (χ2v) is 7.81. The maximum absolute atomic E-state index is 5.98. The summed E-state index contributed by atoms with van der Waals surface area (Å²) in [6.45, 7) is 6.94. The van der Waals surface area contributed by atoms with Gasteiger partial charge in [-0.15, -0.1) is 0 Å². The van der Waals surface area contributed by atoms with Crippen molar-refractivity contribution in [2.24, 2.45) is 4.99 Å². The van der Waals surface area contributed by atoms with Gasteiger partial charge in [0.1, 0.15) is 0 Å². The van der Waals surface area contributed by atoms with Crippen LogP contribution in [0.3, 0.4) is 0 Å². The molecule has 1 aliphatic carbocycles. The lowest BCUT2D eigenvalue weighted by Gasteiger charge is -2.24. The van der Waals surface area contributed by atoms with Crippen molar-refractivity contribution in [3.63, 3.8) is 0 Å². The number of hydrogen-bond donors (Lipinski definition) is 2. The van der Waals surface area contributed by atoms with Crippen LogP contribution in [-0.4, -0.2) is 49.8 Å². The quantitative estimate of drug-likeness (QED) is 0.328. The largest absolute Gasteiger partial charge is 0.376 e. The van der Waals surface area contributed by atoms with E-state index < -0.39 is 0 Å². The Kier molecular flexibility index (Phi) is 9.16. The number of aliphatic imine (C=N–C) groups is 1. The van der Waals surface area contributed by atoms with Crippen molar-refractivity contribution in [1.82, 2.24) is 10.6 Å². The van der Waals surface area contributed by atoms with E-state index in [0.29, 0.717) is 6.10 Å². The Balaban J connectivity index is 2.14. The van der Waals surface area contributed by atoms with Gasteiger partial charge in [-0.05, 0) is 32.9 Å². The molecule has 0 amide bonds. The van der Waals surface area contributed by atoms with E-state index in [1.165, 1.54) is 38.5 Å². The second-order valence-electron chi connectivity index (χ2n) is 6.30. The third-order valence-corrected chi connectivity index (χ3v) is 5.26. The Bertz CT molecular complexity index is 300. The van der Waals surface area contributed by atoms with Crippen molar-refractivity contribution in [3.8, 4) is 0 Å². The molecule has 1 saturated carbocycles. The van der Waals surface area contributed by atoms with Crippen molar-refractivity contribution in [1.29, 1.82) is 0 Å². The SMILES string of the molecule is CN=C(NCCOC1CCCCCC1)NCC(C)(C)SC. The van der Waals surface area contributed by atoms with Gasteiger partial charge in [0.25, 0.3) is 0 Å². The molecule has 124 valence electrons. The van der Waals surface area contributed by atoms with Gasteiger partial charge >= 0.3 is 0 Å².